The van der Waals surface area contributed by atoms with E-state index in [1.807, 2.05) is 50.2 Å². The molecule has 47 heavy (non-hydrogen) atoms. The van der Waals surface area contributed by atoms with Crippen LogP contribution in [0.4, 0.5) is 5.69 Å². The molecule has 1 N–H and O–H groups in total. The predicted octanol–water partition coefficient (Wildman–Crippen LogP) is 7.50. The van der Waals surface area contributed by atoms with Crippen LogP contribution in [0, 0.1) is 13.8 Å². The summed E-state index contributed by atoms with van der Waals surface area (Å²) in [6, 6.07) is 27.2. The number of anilines is 1. The number of amides is 2. The summed E-state index contributed by atoms with van der Waals surface area (Å²) in [7, 11) is -4.18. The van der Waals surface area contributed by atoms with Crippen molar-refractivity contribution in [3.8, 4) is 0 Å². The van der Waals surface area contributed by atoms with Crippen molar-refractivity contribution in [3.63, 3.8) is 0 Å². The summed E-state index contributed by atoms with van der Waals surface area (Å²) < 4.78 is 29.6. The Hall–Kier alpha value is -3.85. The Kier molecular flexibility index (Phi) is 11.3. The van der Waals surface area contributed by atoms with E-state index >= 15 is 0 Å². The number of nitrogens with zero attached hydrogens (tertiary/aromatic N) is 2. The van der Waals surface area contributed by atoms with Crippen molar-refractivity contribution in [1.29, 1.82) is 0 Å². The van der Waals surface area contributed by atoms with Crippen molar-refractivity contribution in [3.05, 3.63) is 129 Å². The van der Waals surface area contributed by atoms with Gasteiger partial charge in [-0.15, -0.1) is 0 Å². The maximum Gasteiger partial charge on any atom is 0.264 e. The zero-order chi connectivity index (χ0) is 33.6. The van der Waals surface area contributed by atoms with E-state index in [-0.39, 0.29) is 29.8 Å². The third kappa shape index (κ3) is 8.74. The van der Waals surface area contributed by atoms with Crippen LogP contribution in [0.5, 0.6) is 0 Å². The van der Waals surface area contributed by atoms with Crippen LogP contribution >= 0.6 is 23.2 Å². The normalized spacial score (nSPS) is 14.0. The third-order valence-electron chi connectivity index (χ3n) is 8.49. The summed E-state index contributed by atoms with van der Waals surface area (Å²) in [5.74, 6) is -0.812. The smallest absolute Gasteiger partial charge is 0.264 e. The first-order valence-electron chi connectivity index (χ1n) is 15.7. The number of benzene rings is 4. The maximum atomic E-state index is 14.7. The van der Waals surface area contributed by atoms with Crippen LogP contribution in [-0.4, -0.2) is 43.8 Å². The fourth-order valence-electron chi connectivity index (χ4n) is 5.91. The van der Waals surface area contributed by atoms with Gasteiger partial charge in [0.15, 0.2) is 0 Å². The van der Waals surface area contributed by atoms with Crippen molar-refractivity contribution in [2.45, 2.75) is 69.5 Å². The molecule has 0 aliphatic heterocycles. The highest BCUT2D eigenvalue weighted by Crippen LogP contribution is 2.28. The molecule has 246 valence electrons. The van der Waals surface area contributed by atoms with E-state index in [4.69, 9.17) is 23.2 Å². The van der Waals surface area contributed by atoms with Gasteiger partial charge in [-0.3, -0.25) is 13.9 Å². The Balaban J connectivity index is 1.58. The summed E-state index contributed by atoms with van der Waals surface area (Å²) in [5.41, 5.74) is 3.62. The maximum absolute atomic E-state index is 14.7. The van der Waals surface area contributed by atoms with Crippen molar-refractivity contribution in [2.75, 3.05) is 10.8 Å². The second-order valence-corrected chi connectivity index (χ2v) is 14.8. The topological polar surface area (TPSA) is 86.8 Å². The number of carbonyl (C=O) groups excluding carboxylic acids is 2. The highest BCUT2D eigenvalue weighted by atomic mass is 35.5. The van der Waals surface area contributed by atoms with Crippen molar-refractivity contribution < 1.29 is 18.0 Å². The van der Waals surface area contributed by atoms with Crippen LogP contribution in [0.25, 0.3) is 0 Å². The van der Waals surface area contributed by atoms with E-state index < -0.39 is 28.5 Å². The van der Waals surface area contributed by atoms with Crippen LogP contribution < -0.4 is 9.62 Å². The van der Waals surface area contributed by atoms with Gasteiger partial charge < -0.3 is 10.2 Å². The SMILES string of the molecule is Cc1ccc(S(=O)(=O)N(CC(=O)N(Cc2ccc(Cl)c(Cl)c2)C(Cc2ccccc2)C(=O)NC2CCCC2)c2cccc(C)c2)cc1. The molecule has 0 saturated heterocycles. The number of hydrogen-bond acceptors (Lipinski definition) is 4. The van der Waals surface area contributed by atoms with Crippen molar-refractivity contribution in [1.82, 2.24) is 10.2 Å². The molecule has 0 radical (unpaired) electrons. The summed E-state index contributed by atoms with van der Waals surface area (Å²) in [6.07, 6.45) is 4.05. The second-order valence-electron chi connectivity index (χ2n) is 12.1. The molecule has 1 fully saturated rings. The van der Waals surface area contributed by atoms with Crippen LogP contribution in [-0.2, 0) is 32.6 Å². The van der Waals surface area contributed by atoms with E-state index in [0.717, 1.165) is 46.7 Å². The van der Waals surface area contributed by atoms with Crippen LogP contribution in [0.2, 0.25) is 10.0 Å². The van der Waals surface area contributed by atoms with E-state index in [0.29, 0.717) is 21.3 Å². The molecule has 5 rings (SSSR count). The molecule has 1 atom stereocenters. The summed E-state index contributed by atoms with van der Waals surface area (Å²) in [5, 5.41) is 3.86. The molecule has 1 aliphatic rings. The monoisotopic (exact) mass is 691 g/mol. The molecule has 0 bridgehead atoms. The summed E-state index contributed by atoms with van der Waals surface area (Å²) in [4.78, 5) is 30.3. The number of nitrogens with one attached hydrogen (secondary N) is 1. The number of halogens is 2. The molecule has 4 aromatic rings. The van der Waals surface area contributed by atoms with E-state index in [1.165, 1.54) is 4.90 Å². The lowest BCUT2D eigenvalue weighted by Crippen LogP contribution is -2.54. The minimum Gasteiger partial charge on any atom is -0.352 e. The molecule has 1 unspecified atom stereocenters. The molecule has 1 saturated carbocycles. The number of sulfonamides is 1. The fraction of sp³-hybridized carbons (Fsp3) is 0.297. The quantitative estimate of drug-likeness (QED) is 0.167. The molecule has 4 aromatic carbocycles. The Labute approximate surface area is 287 Å². The third-order valence-corrected chi connectivity index (χ3v) is 11.0. The zero-order valence-electron chi connectivity index (χ0n) is 26.5. The fourth-order valence-corrected chi connectivity index (χ4v) is 7.63. The molecule has 2 amide bonds. The summed E-state index contributed by atoms with van der Waals surface area (Å²) >= 11 is 12.6. The van der Waals surface area contributed by atoms with Gasteiger partial charge in [-0.25, -0.2) is 8.42 Å². The first-order chi connectivity index (χ1) is 22.5. The average molecular weight is 693 g/mol. The number of hydrogen-bond donors (Lipinski definition) is 1. The lowest BCUT2D eigenvalue weighted by Gasteiger charge is -2.34. The zero-order valence-corrected chi connectivity index (χ0v) is 28.9. The highest BCUT2D eigenvalue weighted by molar-refractivity contribution is 7.92. The van der Waals surface area contributed by atoms with Gasteiger partial charge in [0.1, 0.15) is 12.6 Å². The molecule has 10 heteroatoms. The van der Waals surface area contributed by atoms with E-state index in [1.54, 1.807) is 60.7 Å². The molecular weight excluding hydrogens is 653 g/mol. The molecule has 0 heterocycles. The molecule has 7 nitrogen and oxygen atoms in total. The van der Waals surface area contributed by atoms with Gasteiger partial charge in [-0.2, -0.15) is 0 Å². The average Bonchev–Trinajstić information content (AvgIpc) is 3.56. The molecule has 0 spiro atoms. The number of rotatable bonds is 12. The van der Waals surface area contributed by atoms with Crippen molar-refractivity contribution >= 4 is 50.7 Å². The van der Waals surface area contributed by atoms with Gasteiger partial charge in [-0.05, 0) is 79.8 Å². The lowest BCUT2D eigenvalue weighted by molar-refractivity contribution is -0.140. The highest BCUT2D eigenvalue weighted by Gasteiger charge is 2.35. The molecule has 0 aromatic heterocycles. The van der Waals surface area contributed by atoms with Gasteiger partial charge >= 0.3 is 0 Å². The first-order valence-corrected chi connectivity index (χ1v) is 17.9. The minimum absolute atomic E-state index is 0.0115. The first kappa shape index (κ1) is 34.5. The molecular formula is C37H39Cl2N3O4S. The van der Waals surface area contributed by atoms with E-state index in [2.05, 4.69) is 5.32 Å². The Morgan fingerprint density at radius 1 is 0.809 bits per heavy atom. The van der Waals surface area contributed by atoms with Crippen LogP contribution in [0.3, 0.4) is 0 Å². The Bertz CT molecular complexity index is 1810. The van der Waals surface area contributed by atoms with Crippen molar-refractivity contribution in [2.24, 2.45) is 0 Å². The Morgan fingerprint density at radius 2 is 1.51 bits per heavy atom. The summed E-state index contributed by atoms with van der Waals surface area (Å²) in [6.45, 7) is 3.23. The lowest BCUT2D eigenvalue weighted by atomic mass is 10.0. The van der Waals surface area contributed by atoms with E-state index in [9.17, 15) is 18.0 Å². The van der Waals surface area contributed by atoms with Crippen LogP contribution in [0.1, 0.15) is 47.9 Å². The van der Waals surface area contributed by atoms with Gasteiger partial charge in [0.05, 0.1) is 20.6 Å². The largest absolute Gasteiger partial charge is 0.352 e. The Morgan fingerprint density at radius 3 is 2.17 bits per heavy atom. The standard InChI is InChI=1S/C37H39Cl2N3O4S/c1-26-15-18-32(19-16-26)47(45,46)42(31-14-8-9-27(2)21-31)25-36(43)41(24-29-17-20-33(38)34(39)22-29)35(23-28-10-4-3-5-11-28)37(44)40-30-12-6-7-13-30/h3-5,8-11,14-22,30,35H,6-7,12-13,23-25H2,1-2H3,(H,40,44). The van der Waals surface area contributed by atoms with Crippen LogP contribution in [0.15, 0.2) is 102 Å². The number of aryl methyl sites for hydroxylation is 2. The van der Waals surface area contributed by atoms with Gasteiger partial charge in [0.25, 0.3) is 10.0 Å². The van der Waals surface area contributed by atoms with Gasteiger partial charge in [0, 0.05) is 19.0 Å². The molecule has 1 aliphatic carbocycles. The predicted molar refractivity (Wildman–Crippen MR) is 188 cm³/mol. The van der Waals surface area contributed by atoms with Gasteiger partial charge in [-0.1, -0.05) is 102 Å². The second kappa shape index (κ2) is 15.4. The minimum atomic E-state index is -4.18. The number of carbonyl (C=O) groups is 2. The van der Waals surface area contributed by atoms with Gasteiger partial charge in [0.2, 0.25) is 11.8 Å².